The van der Waals surface area contributed by atoms with E-state index >= 15 is 0 Å². The number of benzene rings is 4. The maximum absolute atomic E-state index is 13.9. The Morgan fingerprint density at radius 1 is 0.904 bits per heavy atom. The van der Waals surface area contributed by atoms with Gasteiger partial charge in [0.25, 0.3) is 11.8 Å². The number of alkyl halides is 3. The van der Waals surface area contributed by atoms with E-state index in [1.54, 1.807) is 6.92 Å². The highest BCUT2D eigenvalue weighted by Crippen LogP contribution is 2.29. The third-order valence-corrected chi connectivity index (χ3v) is 8.15. The van der Waals surface area contributed by atoms with E-state index < -0.39 is 66.1 Å². The highest BCUT2D eigenvalue weighted by molar-refractivity contribution is 6.03. The Morgan fingerprint density at radius 3 is 2.21 bits per heavy atom. The van der Waals surface area contributed by atoms with Crippen LogP contribution in [-0.4, -0.2) is 61.5 Å². The fraction of sp³-hybridized carbons (Fsp3) is 0.270. The molecule has 274 valence electrons. The Morgan fingerprint density at radius 2 is 1.58 bits per heavy atom. The molecule has 0 radical (unpaired) electrons. The molecule has 0 aromatic heterocycles. The lowest BCUT2D eigenvalue weighted by atomic mass is 10.0. The van der Waals surface area contributed by atoms with Gasteiger partial charge in [0, 0.05) is 48.1 Å². The third-order valence-electron chi connectivity index (χ3n) is 8.15. The summed E-state index contributed by atoms with van der Waals surface area (Å²) >= 11 is 0. The minimum Gasteiger partial charge on any atom is -0.491 e. The number of halogens is 5. The molecular formula is C37H35F5N4O6. The van der Waals surface area contributed by atoms with Crippen LogP contribution in [0.15, 0.2) is 91.0 Å². The molecule has 0 spiro atoms. The van der Waals surface area contributed by atoms with Gasteiger partial charge in [-0.25, -0.2) is 13.6 Å². The molecule has 1 fully saturated rings. The first-order valence-corrected chi connectivity index (χ1v) is 16.2. The maximum atomic E-state index is 13.9. The number of carbonyl (C=O) groups is 3. The predicted molar refractivity (Wildman–Crippen MR) is 180 cm³/mol. The van der Waals surface area contributed by atoms with Crippen molar-refractivity contribution in [3.8, 4) is 5.75 Å². The molecule has 0 unspecified atom stereocenters. The fourth-order valence-corrected chi connectivity index (χ4v) is 5.42. The molecule has 4 N–H and O–H groups in total. The predicted octanol–water partition coefficient (Wildman–Crippen LogP) is 5.76. The van der Waals surface area contributed by atoms with Gasteiger partial charge in [-0.2, -0.15) is 13.2 Å². The molecule has 1 heterocycles. The summed E-state index contributed by atoms with van der Waals surface area (Å²) in [6.45, 7) is 1.18. The summed E-state index contributed by atoms with van der Waals surface area (Å²) in [7, 11) is 0. The Hall–Kier alpha value is -5.54. The van der Waals surface area contributed by atoms with Crippen molar-refractivity contribution in [2.24, 2.45) is 0 Å². The van der Waals surface area contributed by atoms with Crippen molar-refractivity contribution in [3.05, 3.63) is 130 Å². The van der Waals surface area contributed by atoms with Crippen molar-refractivity contribution in [2.75, 3.05) is 31.2 Å². The van der Waals surface area contributed by atoms with Gasteiger partial charge < -0.3 is 30.5 Å². The molecular weight excluding hydrogens is 691 g/mol. The Balaban J connectivity index is 1.37. The number of aliphatic hydroxyl groups is 1. The van der Waals surface area contributed by atoms with Crippen molar-refractivity contribution in [1.29, 1.82) is 0 Å². The number of amides is 3. The van der Waals surface area contributed by atoms with Crippen LogP contribution in [0.4, 0.5) is 32.4 Å². The summed E-state index contributed by atoms with van der Waals surface area (Å²) in [5.74, 6) is -3.45. The van der Waals surface area contributed by atoms with Crippen molar-refractivity contribution >= 4 is 23.6 Å². The van der Waals surface area contributed by atoms with Gasteiger partial charge in [0.05, 0.1) is 30.3 Å². The number of hydrogen-bond donors (Lipinski definition) is 4. The molecule has 15 heteroatoms. The highest BCUT2D eigenvalue weighted by atomic mass is 19.4. The number of rotatable bonds is 14. The number of hydrogen-bond acceptors (Lipinski definition) is 7. The second-order valence-electron chi connectivity index (χ2n) is 12.0. The van der Waals surface area contributed by atoms with E-state index in [9.17, 15) is 41.4 Å². The number of nitrogens with zero attached hydrogens (tertiary/aromatic N) is 1. The zero-order valence-corrected chi connectivity index (χ0v) is 27.8. The third kappa shape index (κ3) is 10.0. The van der Waals surface area contributed by atoms with Gasteiger partial charge in [0.15, 0.2) is 0 Å². The fourth-order valence-electron chi connectivity index (χ4n) is 5.42. The molecule has 3 amide bonds. The molecule has 4 aromatic rings. The number of nitrogens with one attached hydrogen (secondary N) is 3. The van der Waals surface area contributed by atoms with E-state index in [1.807, 2.05) is 30.3 Å². The Labute approximate surface area is 295 Å². The van der Waals surface area contributed by atoms with Gasteiger partial charge in [-0.3, -0.25) is 14.5 Å². The number of carbonyl (C=O) groups excluding carboxylic acids is 3. The van der Waals surface area contributed by atoms with E-state index in [-0.39, 0.29) is 54.4 Å². The number of aliphatic hydroxyl groups excluding tert-OH is 1. The Kier molecular flexibility index (Phi) is 12.1. The number of anilines is 1. The quantitative estimate of drug-likeness (QED) is 0.122. The standard InChI is InChI=1S/C37H35F5N4O6/c1-22(24-7-3-2-4-8-24)44-34(48)25-13-26(15-30(14-25)46-10-11-51-36(46)50)35(49)45-32(21-52-31-17-28(38)16-29(39)18-31)33(47)20-43-19-23-6-5-9-27(12-23)37(40,41)42/h2-9,12-18,22,32-33,43,47H,10-11,19-21H2,1H3,(H,44,48)(H,45,49)/t22-,32+,33-/m1/s1. The van der Waals surface area contributed by atoms with Gasteiger partial charge in [-0.15, -0.1) is 0 Å². The molecule has 10 nitrogen and oxygen atoms in total. The van der Waals surface area contributed by atoms with Crippen LogP contribution >= 0.6 is 0 Å². The van der Waals surface area contributed by atoms with E-state index in [2.05, 4.69) is 16.0 Å². The lowest BCUT2D eigenvalue weighted by Gasteiger charge is -2.25. The van der Waals surface area contributed by atoms with E-state index in [0.717, 1.165) is 29.8 Å². The molecule has 5 rings (SSSR count). The molecule has 0 aliphatic carbocycles. The van der Waals surface area contributed by atoms with Crippen molar-refractivity contribution in [2.45, 2.75) is 37.8 Å². The normalized spacial score (nSPS) is 14.7. The topological polar surface area (TPSA) is 129 Å². The van der Waals surface area contributed by atoms with E-state index in [0.29, 0.717) is 6.07 Å². The summed E-state index contributed by atoms with van der Waals surface area (Å²) in [6.07, 6.45) is -6.68. The van der Waals surface area contributed by atoms with Crippen molar-refractivity contribution in [1.82, 2.24) is 16.0 Å². The van der Waals surface area contributed by atoms with Crippen LogP contribution in [0.3, 0.4) is 0 Å². The minimum atomic E-state index is -4.55. The molecule has 0 bridgehead atoms. The smallest absolute Gasteiger partial charge is 0.416 e. The lowest BCUT2D eigenvalue weighted by Crippen LogP contribution is -2.50. The first-order chi connectivity index (χ1) is 24.8. The van der Waals surface area contributed by atoms with Crippen LogP contribution in [0.5, 0.6) is 5.75 Å². The van der Waals surface area contributed by atoms with Crippen LogP contribution in [0.2, 0.25) is 0 Å². The molecule has 1 saturated heterocycles. The molecule has 1 aliphatic heterocycles. The first kappa shape index (κ1) is 37.7. The van der Waals surface area contributed by atoms with Crippen LogP contribution in [0.25, 0.3) is 0 Å². The average molecular weight is 727 g/mol. The summed E-state index contributed by atoms with van der Waals surface area (Å²) in [6, 6.07) is 18.6. The summed E-state index contributed by atoms with van der Waals surface area (Å²) in [5, 5.41) is 19.5. The largest absolute Gasteiger partial charge is 0.491 e. The van der Waals surface area contributed by atoms with Crippen molar-refractivity contribution in [3.63, 3.8) is 0 Å². The minimum absolute atomic E-state index is 0.0384. The summed E-state index contributed by atoms with van der Waals surface area (Å²) in [5.41, 5.74) is 0.403. The van der Waals surface area contributed by atoms with Crippen LogP contribution in [0.1, 0.15) is 50.4 Å². The monoisotopic (exact) mass is 726 g/mol. The van der Waals surface area contributed by atoms with Crippen molar-refractivity contribution < 1.29 is 50.9 Å². The summed E-state index contributed by atoms with van der Waals surface area (Å²) < 4.78 is 77.8. The van der Waals surface area contributed by atoms with E-state index in [1.165, 1.54) is 35.2 Å². The molecule has 4 aromatic carbocycles. The van der Waals surface area contributed by atoms with Gasteiger partial charge in [0.2, 0.25) is 0 Å². The van der Waals surface area contributed by atoms with Gasteiger partial charge in [-0.05, 0) is 42.3 Å². The van der Waals surface area contributed by atoms with Crippen LogP contribution in [-0.2, 0) is 17.5 Å². The molecule has 52 heavy (non-hydrogen) atoms. The second kappa shape index (κ2) is 16.7. The second-order valence-corrected chi connectivity index (χ2v) is 12.0. The van der Waals surface area contributed by atoms with Crippen LogP contribution < -0.4 is 25.6 Å². The average Bonchev–Trinajstić information content (AvgIpc) is 3.55. The zero-order chi connectivity index (χ0) is 37.4. The van der Waals surface area contributed by atoms with Gasteiger partial charge in [0.1, 0.15) is 30.6 Å². The van der Waals surface area contributed by atoms with E-state index in [4.69, 9.17) is 9.47 Å². The number of ether oxygens (including phenoxy) is 2. The molecule has 0 saturated carbocycles. The zero-order valence-electron chi connectivity index (χ0n) is 27.8. The van der Waals surface area contributed by atoms with Gasteiger partial charge in [-0.1, -0.05) is 48.5 Å². The maximum Gasteiger partial charge on any atom is 0.416 e. The Bertz CT molecular complexity index is 1870. The lowest BCUT2D eigenvalue weighted by molar-refractivity contribution is -0.137. The molecule has 1 aliphatic rings. The summed E-state index contributed by atoms with van der Waals surface area (Å²) in [4.78, 5) is 40.9. The van der Waals surface area contributed by atoms with Gasteiger partial charge >= 0.3 is 12.3 Å². The number of cyclic esters (lactones) is 1. The first-order valence-electron chi connectivity index (χ1n) is 16.2. The highest BCUT2D eigenvalue weighted by Gasteiger charge is 2.31. The van der Waals surface area contributed by atoms with Crippen LogP contribution in [0, 0.1) is 11.6 Å². The molecule has 3 atom stereocenters. The SMILES string of the molecule is C[C@@H](NC(=O)c1cc(C(=O)N[C@@H](COc2cc(F)cc(F)c2)[C@H](O)CNCc2cccc(C(F)(F)F)c2)cc(N2CCOC2=O)c1)c1ccccc1.